The molecule has 1 aliphatic heterocycles. The third-order valence-electron chi connectivity index (χ3n) is 4.03. The molecule has 3 rings (SSSR count). The molecule has 2 aromatic rings. The number of anilines is 1. The molecule has 2 heterocycles. The van der Waals surface area contributed by atoms with E-state index in [-0.39, 0.29) is 5.91 Å². The summed E-state index contributed by atoms with van der Waals surface area (Å²) >= 11 is 1.38. The molecule has 122 valence electrons. The number of nitrogens with zero attached hydrogens (tertiary/aromatic N) is 3. The summed E-state index contributed by atoms with van der Waals surface area (Å²) in [7, 11) is 1.66. The lowest BCUT2D eigenvalue weighted by molar-refractivity contribution is -0.128. The van der Waals surface area contributed by atoms with E-state index in [2.05, 4.69) is 22.3 Å². The van der Waals surface area contributed by atoms with E-state index in [1.54, 1.807) is 7.11 Å². The topological polar surface area (TPSA) is 81.3 Å². The molecule has 0 aliphatic carbocycles. The van der Waals surface area contributed by atoms with Crippen LogP contribution in [0, 0.1) is 5.92 Å². The lowest BCUT2D eigenvalue weighted by Gasteiger charge is -2.16. The minimum atomic E-state index is 0.230. The number of likely N-dealkylation sites (tertiary alicyclic amines) is 1. The van der Waals surface area contributed by atoms with Crippen molar-refractivity contribution in [1.82, 2.24) is 15.1 Å². The van der Waals surface area contributed by atoms with E-state index in [1.807, 2.05) is 17.0 Å². The van der Waals surface area contributed by atoms with Crippen LogP contribution in [0.4, 0.5) is 5.13 Å². The molecule has 1 unspecified atom stereocenters. The molecular formula is C16H20N4O2S. The lowest BCUT2D eigenvalue weighted by Crippen LogP contribution is -2.28. The number of hydrogen-bond donors (Lipinski definition) is 1. The predicted molar refractivity (Wildman–Crippen MR) is 90.0 cm³/mol. The van der Waals surface area contributed by atoms with Crippen molar-refractivity contribution in [1.29, 1.82) is 0 Å². The van der Waals surface area contributed by atoms with Crippen LogP contribution in [-0.4, -0.2) is 47.8 Å². The Morgan fingerprint density at radius 1 is 1.35 bits per heavy atom. The van der Waals surface area contributed by atoms with Crippen LogP contribution < -0.4 is 5.73 Å². The van der Waals surface area contributed by atoms with Gasteiger partial charge in [-0.2, -0.15) is 0 Å². The van der Waals surface area contributed by atoms with Crippen molar-refractivity contribution in [2.45, 2.75) is 12.8 Å². The largest absolute Gasteiger partial charge is 0.383 e. The van der Waals surface area contributed by atoms with E-state index >= 15 is 0 Å². The van der Waals surface area contributed by atoms with Crippen LogP contribution in [0.5, 0.6) is 0 Å². The number of carbonyl (C=O) groups excluding carboxylic acids is 1. The van der Waals surface area contributed by atoms with E-state index in [4.69, 9.17) is 10.5 Å². The summed E-state index contributed by atoms with van der Waals surface area (Å²) in [6.07, 6.45) is 1.53. The van der Waals surface area contributed by atoms with Gasteiger partial charge in [-0.3, -0.25) is 4.79 Å². The van der Waals surface area contributed by atoms with Crippen LogP contribution in [0.2, 0.25) is 0 Å². The molecule has 1 fully saturated rings. The van der Waals surface area contributed by atoms with E-state index < -0.39 is 0 Å². The van der Waals surface area contributed by atoms with Crippen molar-refractivity contribution in [2.75, 3.05) is 32.5 Å². The number of carbonyl (C=O) groups is 1. The van der Waals surface area contributed by atoms with Gasteiger partial charge in [0.15, 0.2) is 0 Å². The summed E-state index contributed by atoms with van der Waals surface area (Å²) in [5, 5.41) is 9.19. The second-order valence-corrected chi connectivity index (χ2v) is 6.76. The lowest BCUT2D eigenvalue weighted by atomic mass is 9.98. The number of amides is 1. The van der Waals surface area contributed by atoms with Crippen molar-refractivity contribution < 1.29 is 9.53 Å². The Morgan fingerprint density at radius 2 is 2.13 bits per heavy atom. The van der Waals surface area contributed by atoms with Gasteiger partial charge in [-0.1, -0.05) is 35.6 Å². The van der Waals surface area contributed by atoms with Crippen molar-refractivity contribution in [3.05, 3.63) is 29.8 Å². The maximum Gasteiger partial charge on any atom is 0.223 e. The van der Waals surface area contributed by atoms with E-state index in [1.165, 1.54) is 16.9 Å². The highest BCUT2D eigenvalue weighted by Crippen LogP contribution is 2.26. The van der Waals surface area contributed by atoms with Gasteiger partial charge in [0, 0.05) is 32.2 Å². The summed E-state index contributed by atoms with van der Waals surface area (Å²) in [4.78, 5) is 13.9. The van der Waals surface area contributed by atoms with Gasteiger partial charge >= 0.3 is 0 Å². The first-order valence-electron chi connectivity index (χ1n) is 7.60. The van der Waals surface area contributed by atoms with Crippen LogP contribution >= 0.6 is 11.3 Å². The quantitative estimate of drug-likeness (QED) is 0.873. The van der Waals surface area contributed by atoms with Gasteiger partial charge in [-0.05, 0) is 17.9 Å². The summed E-state index contributed by atoms with van der Waals surface area (Å²) in [5.41, 5.74) is 7.87. The normalized spacial score (nSPS) is 17.9. The van der Waals surface area contributed by atoms with E-state index in [0.29, 0.717) is 30.6 Å². The zero-order valence-corrected chi connectivity index (χ0v) is 13.9. The maximum atomic E-state index is 12.0. The molecule has 2 N–H and O–H groups in total. The number of aromatic nitrogens is 2. The van der Waals surface area contributed by atoms with Gasteiger partial charge in [0.25, 0.3) is 0 Å². The molecule has 0 radical (unpaired) electrons. The standard InChI is InChI=1S/C16H20N4O2S/c1-22-7-6-20-10-12(9-14(20)21)8-11-2-4-13(5-3-11)15-18-19-16(17)23-15/h2-5,12H,6-10H2,1H3,(H2,17,19). The SMILES string of the molecule is COCCN1CC(Cc2ccc(-c3nnc(N)s3)cc2)CC1=O. The number of hydrogen-bond acceptors (Lipinski definition) is 6. The molecule has 0 spiro atoms. The Kier molecular flexibility index (Phi) is 4.88. The van der Waals surface area contributed by atoms with E-state index in [0.717, 1.165) is 23.5 Å². The minimum absolute atomic E-state index is 0.230. The van der Waals surface area contributed by atoms with Crippen molar-refractivity contribution in [3.8, 4) is 10.6 Å². The highest BCUT2D eigenvalue weighted by atomic mass is 32.1. The zero-order chi connectivity index (χ0) is 16.2. The molecule has 1 amide bonds. The predicted octanol–water partition coefficient (Wildman–Crippen LogP) is 1.82. The number of nitrogen functional groups attached to an aromatic ring is 1. The zero-order valence-electron chi connectivity index (χ0n) is 13.1. The van der Waals surface area contributed by atoms with Crippen molar-refractivity contribution in [2.24, 2.45) is 5.92 Å². The molecule has 1 aromatic heterocycles. The summed E-state index contributed by atoms with van der Waals surface area (Å²) < 4.78 is 5.05. The Morgan fingerprint density at radius 3 is 2.78 bits per heavy atom. The summed E-state index contributed by atoms with van der Waals surface area (Å²) in [6, 6.07) is 8.26. The molecule has 7 heteroatoms. The van der Waals surface area contributed by atoms with Crippen molar-refractivity contribution in [3.63, 3.8) is 0 Å². The smallest absolute Gasteiger partial charge is 0.223 e. The van der Waals surface area contributed by atoms with E-state index in [9.17, 15) is 4.79 Å². The first-order valence-corrected chi connectivity index (χ1v) is 8.42. The summed E-state index contributed by atoms with van der Waals surface area (Å²) in [5.74, 6) is 0.607. The van der Waals surface area contributed by atoms with Gasteiger partial charge in [-0.15, -0.1) is 10.2 Å². The van der Waals surface area contributed by atoms with Crippen LogP contribution in [0.15, 0.2) is 24.3 Å². The second-order valence-electron chi connectivity index (χ2n) is 5.75. The van der Waals surface area contributed by atoms with Gasteiger partial charge in [0.2, 0.25) is 11.0 Å². The number of methoxy groups -OCH3 is 1. The highest BCUT2D eigenvalue weighted by molar-refractivity contribution is 7.18. The van der Waals surface area contributed by atoms with Gasteiger partial charge in [0.1, 0.15) is 5.01 Å². The highest BCUT2D eigenvalue weighted by Gasteiger charge is 2.29. The minimum Gasteiger partial charge on any atom is -0.383 e. The third kappa shape index (κ3) is 3.86. The number of ether oxygens (including phenoxy) is 1. The number of nitrogens with two attached hydrogens (primary N) is 1. The Balaban J connectivity index is 1.59. The Bertz CT molecular complexity index is 671. The fraction of sp³-hybridized carbons (Fsp3) is 0.438. The third-order valence-corrected chi connectivity index (χ3v) is 4.83. The average Bonchev–Trinajstić information content (AvgIpc) is 3.12. The molecule has 0 bridgehead atoms. The van der Waals surface area contributed by atoms with Crippen molar-refractivity contribution >= 4 is 22.4 Å². The molecule has 1 saturated heterocycles. The molecule has 0 saturated carbocycles. The van der Waals surface area contributed by atoms with Gasteiger partial charge in [-0.25, -0.2) is 0 Å². The first-order chi connectivity index (χ1) is 11.2. The number of rotatable bonds is 6. The monoisotopic (exact) mass is 332 g/mol. The van der Waals surface area contributed by atoms with Gasteiger partial charge in [0.05, 0.1) is 6.61 Å². The van der Waals surface area contributed by atoms with Gasteiger partial charge < -0.3 is 15.4 Å². The summed E-state index contributed by atoms with van der Waals surface area (Å²) in [6.45, 7) is 2.10. The Labute approximate surface area is 139 Å². The first kappa shape index (κ1) is 15.9. The molecule has 1 atom stereocenters. The molecular weight excluding hydrogens is 312 g/mol. The fourth-order valence-electron chi connectivity index (χ4n) is 2.88. The second kappa shape index (κ2) is 7.06. The Hall–Kier alpha value is -1.99. The molecule has 1 aliphatic rings. The molecule has 6 nitrogen and oxygen atoms in total. The van der Waals surface area contributed by atoms with Crippen LogP contribution in [0.3, 0.4) is 0 Å². The fourth-order valence-corrected chi connectivity index (χ4v) is 3.49. The van der Waals surface area contributed by atoms with Crippen LogP contribution in [0.1, 0.15) is 12.0 Å². The number of benzene rings is 1. The average molecular weight is 332 g/mol. The van der Waals surface area contributed by atoms with Crippen LogP contribution in [-0.2, 0) is 16.0 Å². The van der Waals surface area contributed by atoms with Crippen LogP contribution in [0.25, 0.3) is 10.6 Å². The molecule has 1 aromatic carbocycles. The maximum absolute atomic E-state index is 12.0. The molecule has 23 heavy (non-hydrogen) atoms.